The van der Waals surface area contributed by atoms with Crippen LogP contribution in [0, 0.1) is 27.7 Å². The van der Waals surface area contributed by atoms with E-state index in [4.69, 9.17) is 23.2 Å². The van der Waals surface area contributed by atoms with Crippen LogP contribution in [-0.4, -0.2) is 35.5 Å². The lowest BCUT2D eigenvalue weighted by Gasteiger charge is -2.14. The zero-order valence-corrected chi connectivity index (χ0v) is 28.8. The fourth-order valence-electron chi connectivity index (χ4n) is 4.83. The number of nitrogens with one attached hydrogen (secondary N) is 2. The van der Waals surface area contributed by atoms with Crippen molar-refractivity contribution in [2.24, 2.45) is 20.5 Å². The van der Waals surface area contributed by atoms with E-state index < -0.39 is 35.5 Å². The summed E-state index contributed by atoms with van der Waals surface area (Å²) in [6, 6.07) is 18.5. The number of carbonyl (C=O) groups excluding carboxylic acids is 4. The van der Waals surface area contributed by atoms with E-state index in [1.165, 1.54) is 13.8 Å². The average Bonchev–Trinajstić information content (AvgIpc) is 3.03. The molecule has 0 aromatic heterocycles. The van der Waals surface area contributed by atoms with Gasteiger partial charge < -0.3 is 10.6 Å². The number of Topliss-reactive ketones (excluding diaryl/α,β-unsaturated/α-hetero) is 2. The van der Waals surface area contributed by atoms with Crippen LogP contribution in [0.15, 0.2) is 93.3 Å². The molecule has 0 aliphatic rings. The smallest absolute Gasteiger partial charge is 0.258 e. The van der Waals surface area contributed by atoms with E-state index in [1.807, 2.05) is 64.1 Å². The molecule has 4 rings (SSSR count). The first kappa shape index (κ1) is 35.8. The molecule has 0 aliphatic carbocycles. The number of rotatable bonds is 11. The normalized spacial score (nSPS) is 12.6. The second-order valence-corrected chi connectivity index (χ2v) is 12.0. The highest BCUT2D eigenvalue weighted by Crippen LogP contribution is 2.40. The molecule has 0 fully saturated rings. The second kappa shape index (κ2) is 15.7. The topological polar surface area (TPSA) is 142 Å². The van der Waals surface area contributed by atoms with Crippen LogP contribution in [0.2, 0.25) is 10.0 Å². The number of azo groups is 2. The van der Waals surface area contributed by atoms with Gasteiger partial charge >= 0.3 is 0 Å². The molecule has 246 valence electrons. The lowest BCUT2D eigenvalue weighted by molar-refractivity contribution is -0.127. The van der Waals surface area contributed by atoms with E-state index >= 15 is 0 Å². The van der Waals surface area contributed by atoms with Gasteiger partial charge in [0, 0.05) is 16.9 Å². The molecule has 2 unspecified atom stereocenters. The van der Waals surface area contributed by atoms with Crippen molar-refractivity contribution in [3.63, 3.8) is 0 Å². The van der Waals surface area contributed by atoms with Crippen molar-refractivity contribution >= 4 is 69.3 Å². The average molecular weight is 686 g/mol. The van der Waals surface area contributed by atoms with Gasteiger partial charge in [0.25, 0.3) is 11.8 Å². The number of anilines is 2. The molecule has 2 amide bonds. The summed E-state index contributed by atoms with van der Waals surface area (Å²) in [6.45, 7) is 9.99. The third-order valence-electron chi connectivity index (χ3n) is 7.54. The van der Waals surface area contributed by atoms with Crippen molar-refractivity contribution in [3.8, 4) is 11.1 Å². The van der Waals surface area contributed by atoms with Crippen molar-refractivity contribution in [3.05, 3.63) is 105 Å². The Morgan fingerprint density at radius 2 is 1.02 bits per heavy atom. The molecular formula is C36H34Cl2N6O4. The predicted molar refractivity (Wildman–Crippen MR) is 189 cm³/mol. The standard InChI is InChI=1S/C36H34Cl2N6O4/c1-19-9-7-10-20(2)31(19)39-35(47)33(23(5)45)43-41-26-15-13-25(14-16-26)27-17-18-28(30(38)29(27)37)42-44-34(24(6)46)36(48)40-32-21(3)11-8-12-22(32)4/h7-18,33-34H,1-6H3,(H,39,47)(H,40,48). The van der Waals surface area contributed by atoms with Crippen LogP contribution < -0.4 is 10.6 Å². The van der Waals surface area contributed by atoms with Gasteiger partial charge in [-0.3, -0.25) is 19.2 Å². The van der Waals surface area contributed by atoms with E-state index in [-0.39, 0.29) is 15.7 Å². The van der Waals surface area contributed by atoms with Crippen LogP contribution in [0.5, 0.6) is 0 Å². The van der Waals surface area contributed by atoms with Crippen LogP contribution in [-0.2, 0) is 19.2 Å². The highest BCUT2D eigenvalue weighted by atomic mass is 35.5. The molecular weight excluding hydrogens is 651 g/mol. The Morgan fingerprint density at radius 3 is 1.46 bits per heavy atom. The van der Waals surface area contributed by atoms with Gasteiger partial charge in [-0.15, -0.1) is 0 Å². The maximum atomic E-state index is 13.0. The van der Waals surface area contributed by atoms with Gasteiger partial charge in [0.05, 0.1) is 15.7 Å². The molecule has 0 aliphatic heterocycles. The monoisotopic (exact) mass is 684 g/mol. The summed E-state index contributed by atoms with van der Waals surface area (Å²) in [5, 5.41) is 22.1. The van der Waals surface area contributed by atoms with Gasteiger partial charge in [0.15, 0.2) is 11.6 Å². The van der Waals surface area contributed by atoms with Crippen LogP contribution >= 0.6 is 23.2 Å². The van der Waals surface area contributed by atoms with Crippen molar-refractivity contribution < 1.29 is 19.2 Å². The van der Waals surface area contributed by atoms with Gasteiger partial charge in [-0.1, -0.05) is 77.8 Å². The molecule has 0 bridgehead atoms. The van der Waals surface area contributed by atoms with Crippen LogP contribution in [0.4, 0.5) is 22.7 Å². The summed E-state index contributed by atoms with van der Waals surface area (Å²) >= 11 is 13.2. The molecule has 4 aromatic rings. The van der Waals surface area contributed by atoms with Gasteiger partial charge in [-0.25, -0.2) is 0 Å². The Kier molecular flexibility index (Phi) is 11.7. The summed E-state index contributed by atoms with van der Waals surface area (Å²) in [6.07, 6.45) is 0. The minimum absolute atomic E-state index is 0.0818. The van der Waals surface area contributed by atoms with Crippen molar-refractivity contribution in [1.82, 2.24) is 0 Å². The highest BCUT2D eigenvalue weighted by Gasteiger charge is 2.25. The number of benzene rings is 4. The number of halogens is 2. The molecule has 4 aromatic carbocycles. The van der Waals surface area contributed by atoms with Gasteiger partial charge in [-0.2, -0.15) is 20.5 Å². The van der Waals surface area contributed by atoms with Crippen LogP contribution in [0.25, 0.3) is 11.1 Å². The first-order valence-electron chi connectivity index (χ1n) is 14.9. The molecule has 0 saturated heterocycles. The Morgan fingerprint density at radius 1 is 0.583 bits per heavy atom. The van der Waals surface area contributed by atoms with Gasteiger partial charge in [0.1, 0.15) is 5.69 Å². The number of amides is 2. The fourth-order valence-corrected chi connectivity index (χ4v) is 5.31. The minimum Gasteiger partial charge on any atom is -0.323 e. The first-order chi connectivity index (χ1) is 22.8. The minimum atomic E-state index is -1.39. The van der Waals surface area contributed by atoms with E-state index in [0.717, 1.165) is 22.3 Å². The number of hydrogen-bond donors (Lipinski definition) is 2. The summed E-state index contributed by atoms with van der Waals surface area (Å²) in [7, 11) is 0. The molecule has 2 N–H and O–H groups in total. The van der Waals surface area contributed by atoms with Gasteiger partial charge in [-0.05, 0) is 87.6 Å². The second-order valence-electron chi connectivity index (χ2n) is 11.3. The zero-order valence-electron chi connectivity index (χ0n) is 27.3. The number of aryl methyl sites for hydroxylation is 4. The van der Waals surface area contributed by atoms with E-state index in [1.54, 1.807) is 36.4 Å². The van der Waals surface area contributed by atoms with E-state index in [9.17, 15) is 19.2 Å². The highest BCUT2D eigenvalue weighted by molar-refractivity contribution is 6.45. The maximum Gasteiger partial charge on any atom is 0.258 e. The number of hydrogen-bond acceptors (Lipinski definition) is 8. The molecule has 48 heavy (non-hydrogen) atoms. The quantitative estimate of drug-likeness (QED) is 0.120. The third kappa shape index (κ3) is 8.44. The van der Waals surface area contributed by atoms with Gasteiger partial charge in [0.2, 0.25) is 12.1 Å². The van der Waals surface area contributed by atoms with Crippen molar-refractivity contribution in [2.75, 3.05) is 10.6 Å². The number of ketones is 2. The van der Waals surface area contributed by atoms with E-state index in [0.29, 0.717) is 28.2 Å². The molecule has 12 heteroatoms. The molecule has 0 spiro atoms. The summed E-state index contributed by atoms with van der Waals surface area (Å²) in [5.41, 5.74) is 6.52. The lowest BCUT2D eigenvalue weighted by Crippen LogP contribution is -2.32. The van der Waals surface area contributed by atoms with Crippen molar-refractivity contribution in [2.45, 2.75) is 53.6 Å². The molecule has 10 nitrogen and oxygen atoms in total. The molecule has 0 radical (unpaired) electrons. The third-order valence-corrected chi connectivity index (χ3v) is 8.41. The summed E-state index contributed by atoms with van der Waals surface area (Å²) in [5.74, 6) is -2.13. The Labute approximate surface area is 288 Å². The van der Waals surface area contributed by atoms with Crippen molar-refractivity contribution in [1.29, 1.82) is 0 Å². The first-order valence-corrected chi connectivity index (χ1v) is 15.7. The zero-order chi connectivity index (χ0) is 35.1. The maximum absolute atomic E-state index is 13.0. The number of nitrogens with zero attached hydrogens (tertiary/aromatic N) is 4. The summed E-state index contributed by atoms with van der Waals surface area (Å²) in [4.78, 5) is 50.4. The SMILES string of the molecule is CC(=O)C(N=Nc1ccc(-c2ccc(N=NC(C(C)=O)C(=O)Nc3c(C)cccc3C)c(Cl)c2Cl)cc1)C(=O)Nc1c(C)cccc1C. The lowest BCUT2D eigenvalue weighted by atomic mass is 10.0. The van der Waals surface area contributed by atoms with E-state index in [2.05, 4.69) is 31.1 Å². The van der Waals surface area contributed by atoms with Crippen LogP contribution in [0.1, 0.15) is 36.1 Å². The largest absolute Gasteiger partial charge is 0.323 e. The molecule has 2 atom stereocenters. The Hall–Kier alpha value is -5.06. The Bertz CT molecular complexity index is 1920. The Balaban J connectivity index is 1.49. The number of para-hydroxylation sites is 2. The van der Waals surface area contributed by atoms with Crippen LogP contribution in [0.3, 0.4) is 0 Å². The fraction of sp³-hybridized carbons (Fsp3) is 0.222. The molecule has 0 heterocycles. The molecule has 0 saturated carbocycles. The summed E-state index contributed by atoms with van der Waals surface area (Å²) < 4.78 is 0. The predicted octanol–water partition coefficient (Wildman–Crippen LogP) is 9.25. The number of carbonyl (C=O) groups is 4.